The Bertz CT molecular complexity index is 649. The highest BCUT2D eigenvalue weighted by Crippen LogP contribution is 2.30. The summed E-state index contributed by atoms with van der Waals surface area (Å²) in [6.45, 7) is 4.35. The van der Waals surface area contributed by atoms with Gasteiger partial charge in [-0.05, 0) is 30.0 Å². The molecule has 1 aromatic rings. The molecule has 2 atom stereocenters. The monoisotopic (exact) mass is 309 g/mol. The summed E-state index contributed by atoms with van der Waals surface area (Å²) in [4.78, 5) is 10.5. The number of aliphatic carboxylic acids is 1. The molecule has 1 aromatic carbocycles. The lowest BCUT2D eigenvalue weighted by atomic mass is 10.1. The average Bonchev–Trinajstić information content (AvgIpc) is 2.69. The van der Waals surface area contributed by atoms with Gasteiger partial charge < -0.3 is 5.11 Å². The lowest BCUT2D eigenvalue weighted by Crippen LogP contribution is -2.29. The summed E-state index contributed by atoms with van der Waals surface area (Å²) in [7, 11) is -3.17. The van der Waals surface area contributed by atoms with Crippen LogP contribution in [0, 0.1) is 5.92 Å². The molecular formula is C15H19NO4S. The van der Waals surface area contributed by atoms with Gasteiger partial charge in [0, 0.05) is 18.7 Å². The van der Waals surface area contributed by atoms with E-state index in [1.54, 1.807) is 16.4 Å². The molecule has 1 heterocycles. The van der Waals surface area contributed by atoms with Crippen LogP contribution in [0.5, 0.6) is 0 Å². The molecule has 0 aliphatic carbocycles. The molecule has 1 aliphatic heterocycles. The first-order valence-electron chi connectivity index (χ1n) is 6.80. The van der Waals surface area contributed by atoms with Gasteiger partial charge in [-0.15, -0.1) is 0 Å². The molecule has 0 spiro atoms. The number of benzene rings is 1. The highest BCUT2D eigenvalue weighted by atomic mass is 32.2. The lowest BCUT2D eigenvalue weighted by Gasteiger charge is -2.23. The standard InChI is InChI=1S/C15H19NO4S/c1-11-9-16(21(19,20)10-11)12(2)14-6-3-13(4-7-14)5-8-15(17)18/h3-8,11-12H,9-10H2,1-2H3,(H,17,18). The molecule has 1 N–H and O–H groups in total. The summed E-state index contributed by atoms with van der Waals surface area (Å²) >= 11 is 0. The zero-order valence-electron chi connectivity index (χ0n) is 12.1. The van der Waals surface area contributed by atoms with Gasteiger partial charge in [-0.25, -0.2) is 13.2 Å². The molecule has 0 amide bonds. The Morgan fingerprint density at radius 1 is 1.38 bits per heavy atom. The first-order valence-corrected chi connectivity index (χ1v) is 8.41. The van der Waals surface area contributed by atoms with Crippen molar-refractivity contribution >= 4 is 22.1 Å². The molecule has 1 fully saturated rings. The fraction of sp³-hybridized carbons (Fsp3) is 0.400. The van der Waals surface area contributed by atoms with Gasteiger partial charge in [-0.1, -0.05) is 31.2 Å². The third-order valence-electron chi connectivity index (χ3n) is 3.61. The molecule has 0 radical (unpaired) electrons. The normalized spacial score (nSPS) is 23.4. The molecule has 21 heavy (non-hydrogen) atoms. The minimum Gasteiger partial charge on any atom is -0.478 e. The van der Waals surface area contributed by atoms with Gasteiger partial charge in [0.05, 0.1) is 5.75 Å². The van der Waals surface area contributed by atoms with E-state index in [-0.39, 0.29) is 17.7 Å². The highest BCUT2D eigenvalue weighted by molar-refractivity contribution is 7.89. The van der Waals surface area contributed by atoms with E-state index in [0.717, 1.165) is 17.2 Å². The first-order chi connectivity index (χ1) is 9.79. The van der Waals surface area contributed by atoms with Crippen molar-refractivity contribution in [3.63, 3.8) is 0 Å². The predicted octanol–water partition coefficient (Wildman–Crippen LogP) is 2.13. The van der Waals surface area contributed by atoms with Crippen LogP contribution in [0.2, 0.25) is 0 Å². The van der Waals surface area contributed by atoms with E-state index < -0.39 is 16.0 Å². The van der Waals surface area contributed by atoms with Crippen molar-refractivity contribution in [1.29, 1.82) is 0 Å². The molecule has 2 rings (SSSR count). The number of hydrogen-bond acceptors (Lipinski definition) is 3. The van der Waals surface area contributed by atoms with Gasteiger partial charge in [0.15, 0.2) is 0 Å². The molecular weight excluding hydrogens is 290 g/mol. The van der Waals surface area contributed by atoms with Crippen molar-refractivity contribution < 1.29 is 18.3 Å². The molecule has 0 saturated carbocycles. The minimum atomic E-state index is -3.17. The SMILES string of the molecule is CC1CN(C(C)c2ccc(C=CC(=O)O)cc2)S(=O)(=O)C1. The Kier molecular flexibility index (Phi) is 4.49. The van der Waals surface area contributed by atoms with E-state index in [9.17, 15) is 13.2 Å². The fourth-order valence-corrected chi connectivity index (χ4v) is 4.65. The molecule has 0 bridgehead atoms. The number of carboxylic acid groups (broad SMARTS) is 1. The van der Waals surface area contributed by atoms with Gasteiger partial charge in [0.1, 0.15) is 0 Å². The van der Waals surface area contributed by atoms with Crippen molar-refractivity contribution in [2.75, 3.05) is 12.3 Å². The molecule has 1 aliphatic rings. The van der Waals surface area contributed by atoms with Crippen LogP contribution in [-0.4, -0.2) is 36.1 Å². The molecule has 6 heteroatoms. The van der Waals surface area contributed by atoms with Crippen molar-refractivity contribution in [3.8, 4) is 0 Å². The number of carbonyl (C=O) groups is 1. The van der Waals surface area contributed by atoms with E-state index in [0.29, 0.717) is 6.54 Å². The van der Waals surface area contributed by atoms with Crippen LogP contribution in [0.25, 0.3) is 6.08 Å². The maximum Gasteiger partial charge on any atom is 0.328 e. The molecule has 0 aromatic heterocycles. The van der Waals surface area contributed by atoms with Crippen LogP contribution < -0.4 is 0 Å². The van der Waals surface area contributed by atoms with E-state index in [4.69, 9.17) is 5.11 Å². The van der Waals surface area contributed by atoms with Crippen LogP contribution in [0.4, 0.5) is 0 Å². The van der Waals surface area contributed by atoms with Gasteiger partial charge in [0.2, 0.25) is 10.0 Å². The minimum absolute atomic E-state index is 0.148. The van der Waals surface area contributed by atoms with E-state index >= 15 is 0 Å². The topological polar surface area (TPSA) is 74.7 Å². The number of carboxylic acids is 1. The quantitative estimate of drug-likeness (QED) is 0.865. The zero-order chi connectivity index (χ0) is 15.6. The summed E-state index contributed by atoms with van der Waals surface area (Å²) in [5.41, 5.74) is 1.67. The van der Waals surface area contributed by atoms with Gasteiger partial charge in [-0.2, -0.15) is 4.31 Å². The number of sulfonamides is 1. The molecule has 1 saturated heterocycles. The summed E-state index contributed by atoms with van der Waals surface area (Å²) in [6.07, 6.45) is 2.58. The predicted molar refractivity (Wildman–Crippen MR) is 81.2 cm³/mol. The number of hydrogen-bond donors (Lipinski definition) is 1. The fourth-order valence-electron chi connectivity index (χ4n) is 2.55. The van der Waals surface area contributed by atoms with Gasteiger partial charge in [-0.3, -0.25) is 0 Å². The lowest BCUT2D eigenvalue weighted by molar-refractivity contribution is -0.131. The maximum absolute atomic E-state index is 12.1. The molecule has 2 unspecified atom stereocenters. The second-order valence-corrected chi connectivity index (χ2v) is 7.43. The second kappa shape index (κ2) is 5.99. The van der Waals surface area contributed by atoms with Crippen molar-refractivity contribution in [3.05, 3.63) is 41.5 Å². The van der Waals surface area contributed by atoms with Crippen molar-refractivity contribution in [1.82, 2.24) is 4.31 Å². The summed E-state index contributed by atoms with van der Waals surface area (Å²) in [6, 6.07) is 7.04. The number of rotatable bonds is 4. The Morgan fingerprint density at radius 3 is 2.48 bits per heavy atom. The van der Waals surface area contributed by atoms with Crippen LogP contribution >= 0.6 is 0 Å². The Balaban J connectivity index is 2.17. The van der Waals surface area contributed by atoms with E-state index in [2.05, 4.69) is 0 Å². The third kappa shape index (κ3) is 3.71. The van der Waals surface area contributed by atoms with Crippen molar-refractivity contribution in [2.24, 2.45) is 5.92 Å². The smallest absolute Gasteiger partial charge is 0.328 e. The van der Waals surface area contributed by atoms with Crippen LogP contribution in [0.15, 0.2) is 30.3 Å². The highest BCUT2D eigenvalue weighted by Gasteiger charge is 2.37. The third-order valence-corrected chi connectivity index (χ3v) is 5.78. The summed E-state index contributed by atoms with van der Waals surface area (Å²) < 4.78 is 25.7. The van der Waals surface area contributed by atoms with Crippen LogP contribution in [0.1, 0.15) is 31.0 Å². The maximum atomic E-state index is 12.1. The Hall–Kier alpha value is -1.66. The summed E-state index contributed by atoms with van der Waals surface area (Å²) in [5, 5.41) is 8.58. The van der Waals surface area contributed by atoms with Gasteiger partial charge in [0.25, 0.3) is 0 Å². The first kappa shape index (κ1) is 15.7. The number of nitrogens with zero attached hydrogens (tertiary/aromatic N) is 1. The van der Waals surface area contributed by atoms with E-state index in [1.165, 1.54) is 6.08 Å². The molecule has 114 valence electrons. The molecule has 5 nitrogen and oxygen atoms in total. The Morgan fingerprint density at radius 2 is 2.00 bits per heavy atom. The Labute approximate surface area is 124 Å². The van der Waals surface area contributed by atoms with E-state index in [1.807, 2.05) is 26.0 Å². The average molecular weight is 309 g/mol. The van der Waals surface area contributed by atoms with Crippen LogP contribution in [0.3, 0.4) is 0 Å². The summed E-state index contributed by atoms with van der Waals surface area (Å²) in [5.74, 6) is -0.642. The second-order valence-electron chi connectivity index (χ2n) is 5.47. The van der Waals surface area contributed by atoms with Crippen molar-refractivity contribution in [2.45, 2.75) is 19.9 Å². The van der Waals surface area contributed by atoms with Gasteiger partial charge >= 0.3 is 5.97 Å². The van der Waals surface area contributed by atoms with Crippen LogP contribution in [-0.2, 0) is 14.8 Å². The zero-order valence-corrected chi connectivity index (χ0v) is 12.9. The largest absolute Gasteiger partial charge is 0.478 e.